The van der Waals surface area contributed by atoms with Gasteiger partial charge in [0.25, 0.3) is 0 Å². The van der Waals surface area contributed by atoms with Crippen LogP contribution in [0.2, 0.25) is 0 Å². The predicted octanol–water partition coefficient (Wildman–Crippen LogP) is 3.02. The van der Waals surface area contributed by atoms with E-state index in [0.717, 1.165) is 17.0 Å². The van der Waals surface area contributed by atoms with Crippen LogP contribution in [0.1, 0.15) is 25.3 Å². The number of carbonyl (C=O) groups excluding carboxylic acids is 1. The highest BCUT2D eigenvalue weighted by molar-refractivity contribution is 7.99. The highest BCUT2D eigenvalue weighted by Gasteiger charge is 2.17. The first-order valence-electron chi connectivity index (χ1n) is 8.75. The van der Waals surface area contributed by atoms with Gasteiger partial charge in [0.05, 0.1) is 30.7 Å². The molecule has 0 fully saturated rings. The second-order valence-corrected chi connectivity index (χ2v) is 6.85. The lowest BCUT2D eigenvalue weighted by Crippen LogP contribution is -2.34. The molecule has 140 valence electrons. The van der Waals surface area contributed by atoms with Crippen LogP contribution in [0.3, 0.4) is 0 Å². The van der Waals surface area contributed by atoms with Crippen molar-refractivity contribution in [2.24, 2.45) is 0 Å². The first-order valence-corrected chi connectivity index (χ1v) is 9.74. The molecule has 1 aromatic carbocycles. The van der Waals surface area contributed by atoms with Crippen molar-refractivity contribution in [2.45, 2.75) is 38.4 Å². The number of benzene rings is 1. The van der Waals surface area contributed by atoms with E-state index < -0.39 is 0 Å². The molecule has 0 aliphatic carbocycles. The number of nitriles is 2. The van der Waals surface area contributed by atoms with Gasteiger partial charge in [0.15, 0.2) is 11.0 Å². The highest BCUT2D eigenvalue weighted by atomic mass is 32.2. The number of hydrogen-bond donors (Lipinski definition) is 0. The standard InChI is InChI=1S/C19H22N6OS/c1-3-25-18(16-8-4-7-15(2)13-16)22-23-19(25)27-14-17(26)24(11-5-9-20)12-6-10-21/h4,7-8,13H,3,5-6,11-12,14H2,1-2H3. The largest absolute Gasteiger partial charge is 0.340 e. The van der Waals surface area contributed by atoms with Gasteiger partial charge in [0.2, 0.25) is 5.91 Å². The van der Waals surface area contributed by atoms with Gasteiger partial charge in [-0.15, -0.1) is 10.2 Å². The Hall–Kier alpha value is -2.84. The third kappa shape index (κ3) is 5.57. The van der Waals surface area contributed by atoms with Crippen molar-refractivity contribution in [3.05, 3.63) is 29.8 Å². The van der Waals surface area contributed by atoms with E-state index in [0.29, 0.717) is 24.8 Å². The van der Waals surface area contributed by atoms with E-state index in [-0.39, 0.29) is 24.5 Å². The topological polar surface area (TPSA) is 98.6 Å². The maximum Gasteiger partial charge on any atom is 0.233 e. The molecule has 0 atom stereocenters. The molecule has 2 rings (SSSR count). The molecule has 1 heterocycles. The van der Waals surface area contributed by atoms with Crippen LogP contribution in [0.15, 0.2) is 29.4 Å². The van der Waals surface area contributed by atoms with Crippen molar-refractivity contribution in [3.8, 4) is 23.5 Å². The van der Waals surface area contributed by atoms with Crippen LogP contribution in [-0.2, 0) is 11.3 Å². The Bertz CT molecular complexity index is 846. The van der Waals surface area contributed by atoms with Crippen LogP contribution in [0, 0.1) is 29.6 Å². The molecule has 1 amide bonds. The summed E-state index contributed by atoms with van der Waals surface area (Å²) in [5.41, 5.74) is 2.14. The van der Waals surface area contributed by atoms with Crippen LogP contribution in [0.5, 0.6) is 0 Å². The Morgan fingerprint density at radius 3 is 2.52 bits per heavy atom. The zero-order valence-electron chi connectivity index (χ0n) is 15.6. The van der Waals surface area contributed by atoms with Gasteiger partial charge in [-0.2, -0.15) is 10.5 Å². The molecule has 2 aromatic rings. The van der Waals surface area contributed by atoms with Gasteiger partial charge in [-0.05, 0) is 19.9 Å². The average Bonchev–Trinajstić information content (AvgIpc) is 3.09. The first kappa shape index (κ1) is 20.5. The van der Waals surface area contributed by atoms with Gasteiger partial charge in [-0.1, -0.05) is 35.5 Å². The lowest BCUT2D eigenvalue weighted by Gasteiger charge is -2.20. The summed E-state index contributed by atoms with van der Waals surface area (Å²) in [5.74, 6) is 0.873. The lowest BCUT2D eigenvalue weighted by molar-refractivity contribution is -0.128. The molecular formula is C19H22N6OS. The summed E-state index contributed by atoms with van der Waals surface area (Å²) < 4.78 is 1.99. The highest BCUT2D eigenvalue weighted by Crippen LogP contribution is 2.24. The van der Waals surface area contributed by atoms with Crippen LogP contribution in [0.25, 0.3) is 11.4 Å². The third-order valence-electron chi connectivity index (χ3n) is 3.97. The van der Waals surface area contributed by atoms with Gasteiger partial charge in [0.1, 0.15) is 0 Å². The molecule has 7 nitrogen and oxygen atoms in total. The molecule has 0 spiro atoms. The summed E-state index contributed by atoms with van der Waals surface area (Å²) in [6.45, 7) is 5.42. The molecule has 27 heavy (non-hydrogen) atoms. The number of aromatic nitrogens is 3. The Morgan fingerprint density at radius 1 is 1.22 bits per heavy atom. The summed E-state index contributed by atoms with van der Waals surface area (Å²) in [6.07, 6.45) is 0.509. The van der Waals surface area contributed by atoms with Crippen molar-refractivity contribution in [3.63, 3.8) is 0 Å². The molecule has 0 N–H and O–H groups in total. The minimum absolute atomic E-state index is 0.103. The van der Waals surface area contributed by atoms with E-state index in [1.165, 1.54) is 11.8 Å². The van der Waals surface area contributed by atoms with Crippen molar-refractivity contribution in [2.75, 3.05) is 18.8 Å². The average molecular weight is 382 g/mol. The first-order chi connectivity index (χ1) is 13.1. The fourth-order valence-corrected chi connectivity index (χ4v) is 3.53. The number of rotatable bonds is 9. The summed E-state index contributed by atoms with van der Waals surface area (Å²) in [6, 6.07) is 12.1. The molecule has 1 aromatic heterocycles. The number of aryl methyl sites for hydroxylation is 1. The van der Waals surface area contributed by atoms with Gasteiger partial charge in [0, 0.05) is 25.2 Å². The van der Waals surface area contributed by atoms with E-state index in [2.05, 4.69) is 16.3 Å². The minimum atomic E-state index is -0.103. The molecule has 0 radical (unpaired) electrons. The maximum atomic E-state index is 12.5. The SMILES string of the molecule is CCn1c(SCC(=O)N(CCC#N)CCC#N)nnc1-c1cccc(C)c1. The zero-order chi connectivity index (χ0) is 19.6. The van der Waals surface area contributed by atoms with Crippen LogP contribution >= 0.6 is 11.8 Å². The summed E-state index contributed by atoms with van der Waals surface area (Å²) in [5, 5.41) is 26.7. The van der Waals surface area contributed by atoms with Gasteiger partial charge in [-0.25, -0.2) is 0 Å². The van der Waals surface area contributed by atoms with E-state index in [1.54, 1.807) is 4.90 Å². The minimum Gasteiger partial charge on any atom is -0.340 e. The van der Waals surface area contributed by atoms with Gasteiger partial charge < -0.3 is 9.47 Å². The van der Waals surface area contributed by atoms with Gasteiger partial charge >= 0.3 is 0 Å². The summed E-state index contributed by atoms with van der Waals surface area (Å²) in [7, 11) is 0. The molecule has 0 unspecified atom stereocenters. The number of amides is 1. The van der Waals surface area contributed by atoms with Crippen molar-refractivity contribution in [1.82, 2.24) is 19.7 Å². The number of carbonyl (C=O) groups is 1. The van der Waals surface area contributed by atoms with E-state index >= 15 is 0 Å². The predicted molar refractivity (Wildman–Crippen MR) is 104 cm³/mol. The van der Waals surface area contributed by atoms with Crippen molar-refractivity contribution < 1.29 is 4.79 Å². The Labute approximate surface area is 163 Å². The molecule has 0 bridgehead atoms. The van der Waals surface area contributed by atoms with Crippen molar-refractivity contribution in [1.29, 1.82) is 10.5 Å². The third-order valence-corrected chi connectivity index (χ3v) is 4.93. The fraction of sp³-hybridized carbons (Fsp3) is 0.421. The normalized spacial score (nSPS) is 10.2. The van der Waals surface area contributed by atoms with Crippen LogP contribution in [0.4, 0.5) is 0 Å². The number of nitrogens with zero attached hydrogens (tertiary/aromatic N) is 6. The molecule has 0 saturated heterocycles. The quantitative estimate of drug-likeness (QED) is 0.618. The molecule has 8 heteroatoms. The Morgan fingerprint density at radius 2 is 1.93 bits per heavy atom. The Kier molecular flexibility index (Phi) is 7.84. The fourth-order valence-electron chi connectivity index (χ4n) is 2.63. The zero-order valence-corrected chi connectivity index (χ0v) is 16.4. The summed E-state index contributed by atoms with van der Waals surface area (Å²) >= 11 is 1.33. The van der Waals surface area contributed by atoms with Crippen molar-refractivity contribution >= 4 is 17.7 Å². The summed E-state index contributed by atoms with van der Waals surface area (Å²) in [4.78, 5) is 14.0. The lowest BCUT2D eigenvalue weighted by atomic mass is 10.1. The number of thioether (sulfide) groups is 1. The van der Waals surface area contributed by atoms with E-state index in [9.17, 15) is 4.79 Å². The smallest absolute Gasteiger partial charge is 0.233 e. The molecule has 0 aliphatic rings. The van der Waals surface area contributed by atoms with E-state index in [4.69, 9.17) is 10.5 Å². The molecular weight excluding hydrogens is 360 g/mol. The van der Waals surface area contributed by atoms with Crippen LogP contribution in [-0.4, -0.2) is 44.4 Å². The molecule has 0 saturated carbocycles. The number of hydrogen-bond acceptors (Lipinski definition) is 6. The van der Waals surface area contributed by atoms with Gasteiger partial charge in [-0.3, -0.25) is 4.79 Å². The monoisotopic (exact) mass is 382 g/mol. The molecule has 0 aliphatic heterocycles. The van der Waals surface area contributed by atoms with E-state index in [1.807, 2.05) is 48.8 Å². The second kappa shape index (κ2) is 10.3. The Balaban J connectivity index is 2.10. The second-order valence-electron chi connectivity index (χ2n) is 5.91. The van der Waals surface area contributed by atoms with Crippen LogP contribution < -0.4 is 0 Å². The maximum absolute atomic E-state index is 12.5.